The van der Waals surface area contributed by atoms with Crippen LogP contribution in [-0.4, -0.2) is 30.5 Å². The van der Waals surface area contributed by atoms with Gasteiger partial charge < -0.3 is 19.9 Å². The van der Waals surface area contributed by atoms with Crippen molar-refractivity contribution in [2.24, 2.45) is 0 Å². The summed E-state index contributed by atoms with van der Waals surface area (Å²) in [6.45, 7) is 0.746. The number of hydrogen-bond acceptors (Lipinski definition) is 3. The van der Waals surface area contributed by atoms with Crippen molar-refractivity contribution in [3.05, 3.63) is 59.5 Å². The average Bonchev–Trinajstić information content (AvgIpc) is 3.28. The molecule has 2 aromatic carbocycles. The fourth-order valence-corrected chi connectivity index (χ4v) is 3.53. The van der Waals surface area contributed by atoms with Crippen LogP contribution in [0.1, 0.15) is 28.9 Å². The van der Waals surface area contributed by atoms with Gasteiger partial charge in [-0.25, -0.2) is 4.39 Å². The van der Waals surface area contributed by atoms with E-state index in [1.54, 1.807) is 30.2 Å². The van der Waals surface area contributed by atoms with Gasteiger partial charge >= 0.3 is 0 Å². The van der Waals surface area contributed by atoms with E-state index in [2.05, 4.69) is 10.3 Å². The van der Waals surface area contributed by atoms with Crippen LogP contribution >= 0.6 is 0 Å². The third kappa shape index (κ3) is 3.31. The largest absolute Gasteiger partial charge is 0.497 e. The van der Waals surface area contributed by atoms with Crippen LogP contribution in [0.3, 0.4) is 0 Å². The van der Waals surface area contributed by atoms with Crippen molar-refractivity contribution in [2.75, 3.05) is 18.6 Å². The molecule has 7 heteroatoms. The van der Waals surface area contributed by atoms with Crippen LogP contribution in [0.25, 0.3) is 10.9 Å². The van der Waals surface area contributed by atoms with E-state index in [4.69, 9.17) is 4.74 Å². The van der Waals surface area contributed by atoms with Crippen molar-refractivity contribution in [1.82, 2.24) is 10.3 Å². The summed E-state index contributed by atoms with van der Waals surface area (Å²) in [6, 6.07) is 11.5. The lowest BCUT2D eigenvalue weighted by atomic mass is 10.1. The Morgan fingerprint density at radius 1 is 1.29 bits per heavy atom. The number of carbonyl (C=O) groups excluding carboxylic acids is 2. The fraction of sp³-hybridized carbons (Fsp3) is 0.238. The monoisotopic (exact) mass is 381 g/mol. The summed E-state index contributed by atoms with van der Waals surface area (Å²) in [5.41, 5.74) is 2.28. The van der Waals surface area contributed by atoms with Crippen molar-refractivity contribution in [3.8, 4) is 5.75 Å². The Labute approximate surface area is 161 Å². The number of nitrogens with zero attached hydrogens (tertiary/aromatic N) is 1. The zero-order valence-electron chi connectivity index (χ0n) is 15.4. The van der Waals surface area contributed by atoms with E-state index in [-0.39, 0.29) is 24.2 Å². The summed E-state index contributed by atoms with van der Waals surface area (Å²) in [7, 11) is 1.57. The molecule has 2 heterocycles. The molecule has 2 N–H and O–H groups in total. The second-order valence-corrected chi connectivity index (χ2v) is 6.72. The molecule has 0 spiro atoms. The Bertz CT molecular complexity index is 1060. The minimum atomic E-state index is -0.354. The summed E-state index contributed by atoms with van der Waals surface area (Å²) < 4.78 is 18.7. The van der Waals surface area contributed by atoms with E-state index in [1.807, 2.05) is 12.1 Å². The number of hydrogen-bond donors (Lipinski definition) is 2. The molecule has 0 atom stereocenters. The Kier molecular flexibility index (Phi) is 4.73. The molecule has 0 saturated carbocycles. The maximum Gasteiger partial charge on any atom is 0.270 e. The van der Waals surface area contributed by atoms with Crippen molar-refractivity contribution in [1.29, 1.82) is 0 Å². The number of halogens is 1. The second kappa shape index (κ2) is 7.34. The van der Waals surface area contributed by atoms with Gasteiger partial charge in [0.25, 0.3) is 5.91 Å². The van der Waals surface area contributed by atoms with Gasteiger partial charge in [0.05, 0.1) is 12.8 Å². The van der Waals surface area contributed by atoms with Crippen molar-refractivity contribution in [2.45, 2.75) is 19.4 Å². The molecular formula is C21H20FN3O3. The molecule has 4 rings (SSSR count). The van der Waals surface area contributed by atoms with Crippen molar-refractivity contribution >= 4 is 28.4 Å². The number of carbonyl (C=O) groups is 2. The number of methoxy groups -OCH3 is 1. The first-order valence-electron chi connectivity index (χ1n) is 9.09. The smallest absolute Gasteiger partial charge is 0.270 e. The number of amides is 2. The number of fused-ring (bicyclic) bond motifs is 1. The lowest BCUT2D eigenvalue weighted by Gasteiger charge is -2.17. The highest BCUT2D eigenvalue weighted by molar-refractivity contribution is 6.14. The zero-order chi connectivity index (χ0) is 19.7. The molecule has 3 aromatic rings. The predicted octanol–water partition coefficient (Wildman–Crippen LogP) is 3.37. The molecule has 1 aliphatic rings. The third-order valence-corrected chi connectivity index (χ3v) is 4.89. The number of anilines is 1. The van der Waals surface area contributed by atoms with Gasteiger partial charge in [0.2, 0.25) is 5.91 Å². The minimum Gasteiger partial charge on any atom is -0.497 e. The molecule has 1 fully saturated rings. The van der Waals surface area contributed by atoms with E-state index in [9.17, 15) is 14.0 Å². The van der Waals surface area contributed by atoms with Gasteiger partial charge in [0.1, 0.15) is 17.3 Å². The number of benzene rings is 2. The number of aromatic amines is 1. The van der Waals surface area contributed by atoms with Gasteiger partial charge in [-0.3, -0.25) is 9.59 Å². The standard InChI is InChI=1S/C21H20FN3O3/c1-28-15-7-8-17-16(11-15)20(25-9-3-6-18(25)26)19(24-17)21(27)23-12-13-4-2-5-14(22)10-13/h2,4-5,7-8,10-11,24H,3,6,9,12H2,1H3,(H,23,27). The van der Waals surface area contributed by atoms with Crippen LogP contribution in [0.4, 0.5) is 10.1 Å². The topological polar surface area (TPSA) is 74.4 Å². The van der Waals surface area contributed by atoms with E-state index in [1.165, 1.54) is 12.1 Å². The number of aromatic nitrogens is 1. The van der Waals surface area contributed by atoms with Crippen molar-refractivity contribution in [3.63, 3.8) is 0 Å². The Morgan fingerprint density at radius 3 is 2.86 bits per heavy atom. The highest BCUT2D eigenvalue weighted by atomic mass is 19.1. The summed E-state index contributed by atoms with van der Waals surface area (Å²) >= 11 is 0. The van der Waals surface area contributed by atoms with Crippen molar-refractivity contribution < 1.29 is 18.7 Å². The van der Waals surface area contributed by atoms with E-state index in [0.29, 0.717) is 35.7 Å². The molecule has 144 valence electrons. The maximum atomic E-state index is 13.4. The van der Waals surface area contributed by atoms with Crippen LogP contribution in [0.2, 0.25) is 0 Å². The summed E-state index contributed by atoms with van der Waals surface area (Å²) in [4.78, 5) is 30.0. The van der Waals surface area contributed by atoms with Crippen LogP contribution < -0.4 is 15.0 Å². The van der Waals surface area contributed by atoms with Crippen LogP contribution in [-0.2, 0) is 11.3 Å². The molecule has 0 bridgehead atoms. The first kappa shape index (κ1) is 18.0. The van der Waals surface area contributed by atoms with Gasteiger partial charge in [-0.2, -0.15) is 0 Å². The highest BCUT2D eigenvalue weighted by Crippen LogP contribution is 2.36. The molecule has 28 heavy (non-hydrogen) atoms. The van der Waals surface area contributed by atoms with Gasteiger partial charge in [-0.15, -0.1) is 0 Å². The third-order valence-electron chi connectivity index (χ3n) is 4.89. The molecule has 2 amide bonds. The molecule has 0 radical (unpaired) electrons. The summed E-state index contributed by atoms with van der Waals surface area (Å²) in [5.74, 6) is -0.0732. The van der Waals surface area contributed by atoms with Gasteiger partial charge in [-0.1, -0.05) is 12.1 Å². The van der Waals surface area contributed by atoms with Gasteiger partial charge in [0, 0.05) is 30.4 Å². The number of ether oxygens (including phenoxy) is 1. The SMILES string of the molecule is COc1ccc2[nH]c(C(=O)NCc3cccc(F)c3)c(N3CCCC3=O)c2c1. The number of H-pyrrole nitrogens is 1. The Hall–Kier alpha value is -3.35. The van der Waals surface area contributed by atoms with Crippen LogP contribution in [0.5, 0.6) is 5.75 Å². The predicted molar refractivity (Wildman–Crippen MR) is 104 cm³/mol. The van der Waals surface area contributed by atoms with Crippen LogP contribution in [0.15, 0.2) is 42.5 Å². The highest BCUT2D eigenvalue weighted by Gasteiger charge is 2.29. The Morgan fingerprint density at radius 2 is 2.14 bits per heavy atom. The van der Waals surface area contributed by atoms with Gasteiger partial charge in [-0.05, 0) is 42.3 Å². The van der Waals surface area contributed by atoms with E-state index >= 15 is 0 Å². The quantitative estimate of drug-likeness (QED) is 0.712. The normalized spacial score (nSPS) is 13.9. The molecular weight excluding hydrogens is 361 g/mol. The second-order valence-electron chi connectivity index (χ2n) is 6.72. The maximum absolute atomic E-state index is 13.4. The lowest BCUT2D eigenvalue weighted by Crippen LogP contribution is -2.29. The molecule has 0 aliphatic carbocycles. The van der Waals surface area contributed by atoms with E-state index < -0.39 is 0 Å². The summed E-state index contributed by atoms with van der Waals surface area (Å²) in [6.07, 6.45) is 1.21. The molecule has 1 aliphatic heterocycles. The molecule has 0 unspecified atom stereocenters. The first-order chi connectivity index (χ1) is 13.6. The Balaban J connectivity index is 1.70. The zero-order valence-corrected chi connectivity index (χ0v) is 15.4. The molecule has 1 aromatic heterocycles. The first-order valence-corrected chi connectivity index (χ1v) is 9.09. The van der Waals surface area contributed by atoms with Crippen LogP contribution in [0, 0.1) is 5.82 Å². The number of nitrogens with one attached hydrogen (secondary N) is 2. The minimum absolute atomic E-state index is 0.0112. The molecule has 6 nitrogen and oxygen atoms in total. The molecule has 1 saturated heterocycles. The fourth-order valence-electron chi connectivity index (χ4n) is 3.53. The average molecular weight is 381 g/mol. The lowest BCUT2D eigenvalue weighted by molar-refractivity contribution is -0.117. The number of rotatable bonds is 5. The summed E-state index contributed by atoms with van der Waals surface area (Å²) in [5, 5.41) is 3.56. The van der Waals surface area contributed by atoms with Gasteiger partial charge in [0.15, 0.2) is 0 Å². The van der Waals surface area contributed by atoms with E-state index in [0.717, 1.165) is 17.3 Å².